The Morgan fingerprint density at radius 3 is 2.63 bits per heavy atom. The summed E-state index contributed by atoms with van der Waals surface area (Å²) in [6.45, 7) is 1.94. The van der Waals surface area contributed by atoms with E-state index in [2.05, 4.69) is 25.4 Å². The number of hydrogen-bond acceptors (Lipinski definition) is 7. The van der Waals surface area contributed by atoms with Crippen LogP contribution < -0.4 is 15.0 Å². The Labute approximate surface area is 208 Å². The maximum absolute atomic E-state index is 12.9. The molecule has 0 bridgehead atoms. The van der Waals surface area contributed by atoms with Gasteiger partial charge in [0.1, 0.15) is 10.8 Å². The van der Waals surface area contributed by atoms with E-state index in [1.54, 1.807) is 18.4 Å². The predicted octanol–water partition coefficient (Wildman–Crippen LogP) is 4.81. The van der Waals surface area contributed by atoms with Gasteiger partial charge in [-0.05, 0) is 49.2 Å². The lowest BCUT2D eigenvalue weighted by Gasteiger charge is -2.32. The molecule has 35 heavy (non-hydrogen) atoms. The van der Waals surface area contributed by atoms with Gasteiger partial charge in [0.2, 0.25) is 5.91 Å². The van der Waals surface area contributed by atoms with Crippen molar-refractivity contribution in [1.29, 1.82) is 0 Å². The Bertz CT molecular complexity index is 1260. The summed E-state index contributed by atoms with van der Waals surface area (Å²) < 4.78 is 5.22. The minimum Gasteiger partial charge on any atom is -0.497 e. The molecule has 1 saturated heterocycles. The summed E-state index contributed by atoms with van der Waals surface area (Å²) in [7, 11) is 1.65. The second-order valence-electron chi connectivity index (χ2n) is 8.52. The van der Waals surface area contributed by atoms with Crippen molar-refractivity contribution in [2.75, 3.05) is 25.1 Å². The number of carbonyl (C=O) groups excluding carboxylic acids is 1. The fourth-order valence-electron chi connectivity index (χ4n) is 4.23. The van der Waals surface area contributed by atoms with E-state index in [9.17, 15) is 4.79 Å². The second kappa shape index (κ2) is 10.7. The fraction of sp³-hybridized carbons (Fsp3) is 0.259. The Morgan fingerprint density at radius 1 is 1.06 bits per heavy atom. The van der Waals surface area contributed by atoms with Crippen LogP contribution >= 0.6 is 11.3 Å². The molecule has 4 aromatic rings. The fourth-order valence-corrected chi connectivity index (χ4v) is 5.06. The zero-order chi connectivity index (χ0) is 24.0. The first-order valence-electron chi connectivity index (χ1n) is 11.7. The third-order valence-corrected chi connectivity index (χ3v) is 7.11. The molecular weight excluding hydrogens is 458 g/mol. The highest BCUT2D eigenvalue weighted by Crippen LogP contribution is 2.26. The summed E-state index contributed by atoms with van der Waals surface area (Å²) in [4.78, 5) is 19.7. The predicted molar refractivity (Wildman–Crippen MR) is 138 cm³/mol. The van der Waals surface area contributed by atoms with Gasteiger partial charge >= 0.3 is 0 Å². The number of rotatable bonds is 7. The van der Waals surface area contributed by atoms with Gasteiger partial charge in [-0.1, -0.05) is 30.3 Å². The highest BCUT2D eigenvalue weighted by Gasteiger charge is 2.26. The third kappa shape index (κ3) is 5.49. The molecule has 5 rings (SSSR count). The van der Waals surface area contributed by atoms with Crippen molar-refractivity contribution in [3.63, 3.8) is 0 Å². The largest absolute Gasteiger partial charge is 0.497 e. The third-order valence-electron chi connectivity index (χ3n) is 6.17. The number of amides is 1. The molecule has 1 N–H and O–H groups in total. The molecule has 3 heterocycles. The first-order valence-corrected chi connectivity index (χ1v) is 12.6. The first-order chi connectivity index (χ1) is 17.2. The van der Waals surface area contributed by atoms with Gasteiger partial charge in [-0.3, -0.25) is 4.79 Å². The van der Waals surface area contributed by atoms with Crippen molar-refractivity contribution >= 4 is 23.1 Å². The molecule has 1 aliphatic rings. The number of thiazole rings is 1. The van der Waals surface area contributed by atoms with Crippen molar-refractivity contribution in [3.8, 4) is 27.6 Å². The van der Waals surface area contributed by atoms with Gasteiger partial charge in [0.05, 0.1) is 31.0 Å². The number of anilines is 1. The van der Waals surface area contributed by atoms with Gasteiger partial charge in [-0.15, -0.1) is 21.5 Å². The molecule has 1 atom stereocenters. The van der Waals surface area contributed by atoms with Gasteiger partial charge < -0.3 is 15.0 Å². The van der Waals surface area contributed by atoms with Crippen LogP contribution in [0, 0.1) is 5.92 Å². The van der Waals surface area contributed by atoms with E-state index >= 15 is 0 Å². The average Bonchev–Trinajstić information content (AvgIpc) is 3.42. The number of carbonyl (C=O) groups is 1. The zero-order valence-electron chi connectivity index (χ0n) is 19.6. The summed E-state index contributed by atoms with van der Waals surface area (Å²) in [5, 5.41) is 14.9. The molecule has 1 unspecified atom stereocenters. The van der Waals surface area contributed by atoms with Crippen LogP contribution in [-0.4, -0.2) is 41.3 Å². The molecule has 0 spiro atoms. The van der Waals surface area contributed by atoms with Crippen LogP contribution in [0.5, 0.6) is 5.75 Å². The number of piperidine rings is 1. The van der Waals surface area contributed by atoms with Crippen molar-refractivity contribution in [2.24, 2.45) is 5.92 Å². The Balaban J connectivity index is 1.17. The van der Waals surface area contributed by atoms with Gasteiger partial charge in [0.25, 0.3) is 0 Å². The Hall–Kier alpha value is -3.78. The first kappa shape index (κ1) is 23.0. The second-order valence-corrected chi connectivity index (χ2v) is 9.38. The molecule has 178 valence electrons. The van der Waals surface area contributed by atoms with Gasteiger partial charge in [0.15, 0.2) is 5.82 Å². The van der Waals surface area contributed by atoms with Gasteiger partial charge in [0, 0.05) is 29.6 Å². The normalized spacial score (nSPS) is 15.6. The lowest BCUT2D eigenvalue weighted by atomic mass is 9.97. The Morgan fingerprint density at radius 2 is 1.89 bits per heavy atom. The molecule has 1 fully saturated rings. The summed E-state index contributed by atoms with van der Waals surface area (Å²) >= 11 is 1.60. The maximum Gasteiger partial charge on any atom is 0.225 e. The Kier molecular flexibility index (Phi) is 6.99. The minimum atomic E-state index is -0.0842. The van der Waals surface area contributed by atoms with Crippen LogP contribution in [0.4, 0.5) is 5.82 Å². The summed E-state index contributed by atoms with van der Waals surface area (Å²) in [5.74, 6) is 1.58. The molecule has 1 aliphatic heterocycles. The van der Waals surface area contributed by atoms with Crippen LogP contribution in [0.3, 0.4) is 0 Å². The molecule has 0 aliphatic carbocycles. The highest BCUT2D eigenvalue weighted by molar-refractivity contribution is 7.13. The van der Waals surface area contributed by atoms with Crippen LogP contribution in [0.25, 0.3) is 21.8 Å². The van der Waals surface area contributed by atoms with Crippen LogP contribution in [-0.2, 0) is 11.3 Å². The monoisotopic (exact) mass is 485 g/mol. The summed E-state index contributed by atoms with van der Waals surface area (Å²) in [6.07, 6.45) is 1.81. The van der Waals surface area contributed by atoms with Crippen molar-refractivity contribution in [2.45, 2.75) is 19.4 Å². The number of ether oxygens (including phenoxy) is 1. The van der Waals surface area contributed by atoms with E-state index in [0.717, 1.165) is 58.5 Å². The van der Waals surface area contributed by atoms with E-state index in [0.29, 0.717) is 13.1 Å². The summed E-state index contributed by atoms with van der Waals surface area (Å²) in [6, 6.07) is 21.8. The maximum atomic E-state index is 12.9. The number of nitrogens with one attached hydrogen (secondary N) is 1. The zero-order valence-corrected chi connectivity index (χ0v) is 20.4. The number of nitrogens with zero attached hydrogens (tertiary/aromatic N) is 4. The number of benzene rings is 2. The van der Waals surface area contributed by atoms with Crippen LogP contribution in [0.15, 0.2) is 72.1 Å². The van der Waals surface area contributed by atoms with E-state index in [1.807, 2.05) is 72.1 Å². The van der Waals surface area contributed by atoms with Crippen molar-refractivity contribution in [3.05, 3.63) is 77.8 Å². The van der Waals surface area contributed by atoms with Crippen LogP contribution in [0.2, 0.25) is 0 Å². The topological polar surface area (TPSA) is 80.2 Å². The van der Waals surface area contributed by atoms with Crippen molar-refractivity contribution < 1.29 is 9.53 Å². The SMILES string of the molecule is COc1ccc(-c2ccc(N3CCCC(C(=O)NCc4csc(-c5ccccc5)n4)C3)nn2)cc1. The lowest BCUT2D eigenvalue weighted by molar-refractivity contribution is -0.125. The molecule has 2 aromatic heterocycles. The molecule has 8 heteroatoms. The molecule has 0 radical (unpaired) electrons. The number of aromatic nitrogens is 3. The smallest absolute Gasteiger partial charge is 0.225 e. The quantitative estimate of drug-likeness (QED) is 0.405. The van der Waals surface area contributed by atoms with E-state index < -0.39 is 0 Å². The van der Waals surface area contributed by atoms with E-state index in [1.165, 1.54) is 0 Å². The number of hydrogen-bond donors (Lipinski definition) is 1. The molecule has 1 amide bonds. The molecule has 2 aromatic carbocycles. The molecular formula is C27H27N5O2S. The van der Waals surface area contributed by atoms with Gasteiger partial charge in [-0.25, -0.2) is 4.98 Å². The lowest BCUT2D eigenvalue weighted by Crippen LogP contribution is -2.43. The van der Waals surface area contributed by atoms with Crippen molar-refractivity contribution in [1.82, 2.24) is 20.5 Å². The molecule has 0 saturated carbocycles. The summed E-state index contributed by atoms with van der Waals surface area (Å²) in [5.41, 5.74) is 3.77. The highest BCUT2D eigenvalue weighted by atomic mass is 32.1. The van der Waals surface area contributed by atoms with E-state index in [-0.39, 0.29) is 11.8 Å². The molecule has 7 nitrogen and oxygen atoms in total. The standard InChI is InChI=1S/C27H27N5O2S/c1-34-23-11-9-19(10-12-23)24-13-14-25(31-30-24)32-15-5-8-21(17-32)26(33)28-16-22-18-35-27(29-22)20-6-3-2-4-7-20/h2-4,6-7,9-14,18,21H,5,8,15-17H2,1H3,(H,28,33). The average molecular weight is 486 g/mol. The van der Waals surface area contributed by atoms with Crippen LogP contribution in [0.1, 0.15) is 18.5 Å². The minimum absolute atomic E-state index is 0.0618. The number of methoxy groups -OCH3 is 1. The van der Waals surface area contributed by atoms with E-state index in [4.69, 9.17) is 4.74 Å². The van der Waals surface area contributed by atoms with Gasteiger partial charge in [-0.2, -0.15) is 0 Å².